The van der Waals surface area contributed by atoms with Crippen LogP contribution in [-0.2, 0) is 22.3 Å². The van der Waals surface area contributed by atoms with Gasteiger partial charge >= 0.3 is 12.1 Å². The van der Waals surface area contributed by atoms with Crippen LogP contribution in [0.15, 0.2) is 52.2 Å². The molecule has 0 aliphatic heterocycles. The van der Waals surface area contributed by atoms with E-state index in [1.54, 1.807) is 0 Å². The maximum atomic E-state index is 13.9. The number of rotatable bonds is 11. The second kappa shape index (κ2) is 14.4. The predicted octanol–water partition coefficient (Wildman–Crippen LogP) is 7.89. The van der Waals surface area contributed by atoms with E-state index < -0.39 is 49.1 Å². The summed E-state index contributed by atoms with van der Waals surface area (Å²) < 4.78 is 46.8. The molecule has 0 spiro atoms. The zero-order valence-electron chi connectivity index (χ0n) is 26.6. The number of Topliss-reactive ketones (excluding diaryl/α,β-unsaturated/α-hetero) is 1. The van der Waals surface area contributed by atoms with E-state index in [1.807, 2.05) is 36.0 Å². The summed E-state index contributed by atoms with van der Waals surface area (Å²) in [7, 11) is -1.50. The van der Waals surface area contributed by atoms with Crippen molar-refractivity contribution >= 4 is 42.5 Å². The van der Waals surface area contributed by atoms with Gasteiger partial charge in [-0.05, 0) is 73.9 Å². The molecule has 2 aliphatic carbocycles. The zero-order valence-corrected chi connectivity index (χ0v) is 28.5. The first-order valence-corrected chi connectivity index (χ1v) is 20.9. The van der Waals surface area contributed by atoms with Gasteiger partial charge in [-0.2, -0.15) is 13.2 Å². The molecule has 0 N–H and O–H groups in total. The molecule has 2 fully saturated rings. The summed E-state index contributed by atoms with van der Waals surface area (Å²) in [6.45, 7) is 6.72. The van der Waals surface area contributed by atoms with Crippen molar-refractivity contribution in [2.75, 3.05) is 12.4 Å². The summed E-state index contributed by atoms with van der Waals surface area (Å²) in [4.78, 5) is 41.9. The van der Waals surface area contributed by atoms with Gasteiger partial charge in [0.1, 0.15) is 5.52 Å². The molecule has 0 radical (unpaired) electrons. The Morgan fingerprint density at radius 1 is 1.00 bits per heavy atom. The van der Waals surface area contributed by atoms with Crippen molar-refractivity contribution in [3.8, 4) is 0 Å². The molecule has 1 aromatic heterocycles. The van der Waals surface area contributed by atoms with E-state index in [4.69, 9.17) is 4.74 Å². The lowest BCUT2D eigenvalue weighted by Gasteiger charge is -2.24. The molecule has 0 saturated heterocycles. The van der Waals surface area contributed by atoms with Crippen molar-refractivity contribution in [3.63, 3.8) is 0 Å². The first-order chi connectivity index (χ1) is 21.8. The fraction of sp³-hybridized carbons (Fsp3) is 0.559. The van der Waals surface area contributed by atoms with Crippen molar-refractivity contribution in [2.45, 2.75) is 88.2 Å². The lowest BCUT2D eigenvalue weighted by molar-refractivity contribution is -0.150. The number of carbonyl (C=O) groups excluding carboxylic acids is 2. The van der Waals surface area contributed by atoms with Gasteiger partial charge in [-0.25, -0.2) is 4.68 Å². The number of aromatic nitrogens is 3. The number of alkyl halides is 3. The van der Waals surface area contributed by atoms with Crippen molar-refractivity contribution in [2.24, 2.45) is 23.7 Å². The van der Waals surface area contributed by atoms with E-state index in [-0.39, 0.29) is 29.8 Å². The maximum Gasteiger partial charge on any atom is 0.416 e. The normalized spacial score (nSPS) is 21.0. The van der Waals surface area contributed by atoms with Crippen LogP contribution >= 0.6 is 11.8 Å². The SMILES string of the molecule is C[Si](C)(C)CCOC(=O)[C@H]1[C@H](Cn2nnc3ccc(C(F)(F)F)cc3c2=O)CC[C@@H]1C(=O)c1ccc(SCC2CCCCC2)cc1. The number of benzene rings is 2. The van der Waals surface area contributed by atoms with Crippen molar-refractivity contribution in [1.82, 2.24) is 15.0 Å². The molecule has 1 heterocycles. The Kier molecular flexibility index (Phi) is 10.8. The van der Waals surface area contributed by atoms with Crippen molar-refractivity contribution in [1.29, 1.82) is 0 Å². The highest BCUT2D eigenvalue weighted by Crippen LogP contribution is 2.41. The second-order valence-corrected chi connectivity index (χ2v) is 20.7. The third kappa shape index (κ3) is 8.47. The van der Waals surface area contributed by atoms with Crippen LogP contribution in [0.2, 0.25) is 25.7 Å². The highest BCUT2D eigenvalue weighted by molar-refractivity contribution is 7.99. The Morgan fingerprint density at radius 3 is 2.39 bits per heavy atom. The number of ether oxygens (including phenoxy) is 1. The zero-order chi connectivity index (χ0) is 33.1. The molecule has 3 atom stereocenters. The van der Waals surface area contributed by atoms with E-state index in [9.17, 15) is 27.6 Å². The molecular formula is C34H42F3N3O4SSi. The van der Waals surface area contributed by atoms with E-state index in [0.717, 1.165) is 45.5 Å². The number of hydrogen-bond donors (Lipinski definition) is 0. The number of fused-ring (bicyclic) bond motifs is 1. The van der Waals surface area contributed by atoms with Gasteiger partial charge in [0.25, 0.3) is 5.56 Å². The standard InChI is InChI=1S/C34H42F3N3O4SSi/c1-46(2,3)18-17-44-33(43)30-24(20-40-32(42)28-19-25(34(35,36)37)12-16-29(28)38-39-40)11-15-27(30)31(41)23-9-13-26(14-10-23)45-21-22-7-5-4-6-8-22/h9-10,12-14,16,19,22,24,27,30H,4-8,11,15,17-18,20-21H2,1-3H3/t24-,27-,30-/m0/s1. The van der Waals surface area contributed by atoms with Gasteiger partial charge < -0.3 is 4.74 Å². The van der Waals surface area contributed by atoms with Crippen LogP contribution in [0.5, 0.6) is 0 Å². The number of ketones is 1. The van der Waals surface area contributed by atoms with Crippen molar-refractivity contribution < 1.29 is 27.5 Å². The summed E-state index contributed by atoms with van der Waals surface area (Å²) >= 11 is 1.81. The first kappa shape index (κ1) is 34.3. The van der Waals surface area contributed by atoms with Gasteiger partial charge in [0.2, 0.25) is 0 Å². The minimum Gasteiger partial charge on any atom is -0.466 e. The minimum absolute atomic E-state index is 0.0522. The van der Waals surface area contributed by atoms with Crippen LogP contribution in [0.4, 0.5) is 13.2 Å². The number of hydrogen-bond acceptors (Lipinski definition) is 7. The van der Waals surface area contributed by atoms with E-state index >= 15 is 0 Å². The Labute approximate surface area is 272 Å². The monoisotopic (exact) mass is 673 g/mol. The van der Waals surface area contributed by atoms with Crippen molar-refractivity contribution in [3.05, 3.63) is 63.9 Å². The first-order valence-electron chi connectivity index (χ1n) is 16.2. The lowest BCUT2D eigenvalue weighted by atomic mass is 9.84. The number of esters is 1. The number of thioether (sulfide) groups is 1. The van der Waals surface area contributed by atoms with Crippen LogP contribution < -0.4 is 5.56 Å². The fourth-order valence-electron chi connectivity index (χ4n) is 6.58. The second-order valence-electron chi connectivity index (χ2n) is 14.0. The number of nitrogens with zero attached hydrogens (tertiary/aromatic N) is 3. The van der Waals surface area contributed by atoms with Crippen LogP contribution in [0, 0.1) is 23.7 Å². The van der Waals surface area contributed by atoms with Crippen LogP contribution in [0.1, 0.15) is 60.9 Å². The van der Waals surface area contributed by atoms with Gasteiger partial charge in [0.05, 0.1) is 30.0 Å². The molecule has 5 rings (SSSR count). The largest absolute Gasteiger partial charge is 0.466 e. The molecule has 0 unspecified atom stereocenters. The predicted molar refractivity (Wildman–Crippen MR) is 176 cm³/mol. The summed E-state index contributed by atoms with van der Waals surface area (Å²) in [5.41, 5.74) is -1.10. The van der Waals surface area contributed by atoms with Gasteiger partial charge in [-0.1, -0.05) is 56.2 Å². The van der Waals surface area contributed by atoms with Crippen LogP contribution in [0.25, 0.3) is 10.9 Å². The molecule has 0 bridgehead atoms. The van der Waals surface area contributed by atoms with E-state index in [2.05, 4.69) is 30.0 Å². The lowest BCUT2D eigenvalue weighted by Crippen LogP contribution is -2.36. The van der Waals surface area contributed by atoms with Gasteiger partial charge in [-0.3, -0.25) is 14.4 Å². The Bertz CT molecular complexity index is 1600. The van der Waals surface area contributed by atoms with Gasteiger partial charge in [0.15, 0.2) is 5.78 Å². The molecule has 3 aromatic rings. The summed E-state index contributed by atoms with van der Waals surface area (Å²) in [5.74, 6) is -0.780. The Hall–Kier alpha value is -2.99. The van der Waals surface area contributed by atoms with Crippen LogP contribution in [0.3, 0.4) is 0 Å². The average Bonchev–Trinajstić information content (AvgIpc) is 3.44. The molecule has 248 valence electrons. The quantitative estimate of drug-likeness (QED) is 0.0885. The molecule has 7 nitrogen and oxygen atoms in total. The van der Waals surface area contributed by atoms with Crippen LogP contribution in [-0.4, -0.2) is 47.2 Å². The van der Waals surface area contributed by atoms with Gasteiger partial charge in [0, 0.05) is 30.2 Å². The molecule has 12 heteroatoms. The summed E-state index contributed by atoms with van der Waals surface area (Å²) in [6, 6.07) is 11.1. The topological polar surface area (TPSA) is 91.2 Å². The third-order valence-corrected chi connectivity index (χ3v) is 12.2. The number of carbonyl (C=O) groups is 2. The molecule has 46 heavy (non-hydrogen) atoms. The van der Waals surface area contributed by atoms with Gasteiger partial charge in [-0.15, -0.1) is 16.9 Å². The summed E-state index contributed by atoms with van der Waals surface area (Å²) in [6.07, 6.45) is 2.71. The Balaban J connectivity index is 1.35. The minimum atomic E-state index is -4.62. The molecular weight excluding hydrogens is 632 g/mol. The fourth-order valence-corrected chi connectivity index (χ4v) is 8.39. The van der Waals surface area contributed by atoms with E-state index in [1.165, 1.54) is 32.1 Å². The smallest absolute Gasteiger partial charge is 0.416 e. The number of halogens is 3. The van der Waals surface area contributed by atoms with E-state index in [0.29, 0.717) is 18.4 Å². The highest BCUT2D eigenvalue weighted by Gasteiger charge is 2.46. The maximum absolute atomic E-state index is 13.9. The molecule has 2 aliphatic rings. The Morgan fingerprint density at radius 2 is 1.72 bits per heavy atom. The molecule has 2 saturated carbocycles. The molecule has 2 aromatic carbocycles. The highest BCUT2D eigenvalue weighted by atomic mass is 32.2. The molecule has 0 amide bonds. The summed E-state index contributed by atoms with van der Waals surface area (Å²) in [5, 5.41) is 7.75. The average molecular weight is 674 g/mol. The third-order valence-electron chi connectivity index (χ3n) is 9.30.